The van der Waals surface area contributed by atoms with Gasteiger partial charge in [-0.15, -0.1) is 11.6 Å². The SMILES string of the molecule is C=C(O)[C@@H](CCCCl)c1ccccc1C(F)(F)F. The summed E-state index contributed by atoms with van der Waals surface area (Å²) in [5.74, 6) is -0.670. The van der Waals surface area contributed by atoms with Crippen LogP contribution in [0, 0.1) is 0 Å². The lowest BCUT2D eigenvalue weighted by atomic mass is 9.89. The zero-order chi connectivity index (χ0) is 13.8. The molecule has 0 aromatic heterocycles. The molecule has 1 atom stereocenters. The van der Waals surface area contributed by atoms with E-state index in [2.05, 4.69) is 6.58 Å². The van der Waals surface area contributed by atoms with E-state index in [9.17, 15) is 18.3 Å². The van der Waals surface area contributed by atoms with Gasteiger partial charge in [-0.1, -0.05) is 24.8 Å². The number of hydrogen-bond acceptors (Lipinski definition) is 1. The molecule has 0 heterocycles. The fourth-order valence-electron chi connectivity index (χ4n) is 1.84. The smallest absolute Gasteiger partial charge is 0.416 e. The molecular formula is C13H14ClF3O. The van der Waals surface area contributed by atoms with E-state index in [4.69, 9.17) is 11.6 Å². The molecule has 5 heteroatoms. The van der Waals surface area contributed by atoms with Gasteiger partial charge in [0.2, 0.25) is 0 Å². The van der Waals surface area contributed by atoms with E-state index < -0.39 is 17.7 Å². The van der Waals surface area contributed by atoms with Crippen LogP contribution in [0.4, 0.5) is 13.2 Å². The summed E-state index contributed by atoms with van der Waals surface area (Å²) in [6, 6.07) is 5.21. The van der Waals surface area contributed by atoms with Crippen molar-refractivity contribution < 1.29 is 18.3 Å². The van der Waals surface area contributed by atoms with Crippen molar-refractivity contribution in [2.75, 3.05) is 5.88 Å². The van der Waals surface area contributed by atoms with E-state index in [1.165, 1.54) is 18.2 Å². The highest BCUT2D eigenvalue weighted by molar-refractivity contribution is 6.17. The molecule has 1 aromatic carbocycles. The Kier molecular flexibility index (Phi) is 5.08. The van der Waals surface area contributed by atoms with Crippen molar-refractivity contribution >= 4 is 11.6 Å². The van der Waals surface area contributed by atoms with Gasteiger partial charge >= 0.3 is 6.18 Å². The van der Waals surface area contributed by atoms with Gasteiger partial charge in [-0.05, 0) is 24.5 Å². The van der Waals surface area contributed by atoms with Crippen LogP contribution < -0.4 is 0 Å². The number of rotatable bonds is 5. The van der Waals surface area contributed by atoms with E-state index in [1.54, 1.807) is 0 Å². The highest BCUT2D eigenvalue weighted by atomic mass is 35.5. The minimum atomic E-state index is -4.44. The Morgan fingerprint density at radius 3 is 2.44 bits per heavy atom. The fourth-order valence-corrected chi connectivity index (χ4v) is 2.00. The average Bonchev–Trinajstić information content (AvgIpc) is 2.28. The molecule has 100 valence electrons. The molecule has 0 saturated carbocycles. The van der Waals surface area contributed by atoms with Crippen molar-refractivity contribution in [2.45, 2.75) is 24.9 Å². The number of aliphatic hydroxyl groups excluding tert-OH is 1. The van der Waals surface area contributed by atoms with Crippen molar-refractivity contribution in [1.29, 1.82) is 0 Å². The first-order valence-electron chi connectivity index (χ1n) is 5.47. The molecule has 0 spiro atoms. The van der Waals surface area contributed by atoms with E-state index >= 15 is 0 Å². The second-order valence-corrected chi connectivity index (χ2v) is 4.34. The lowest BCUT2D eigenvalue weighted by molar-refractivity contribution is -0.138. The topological polar surface area (TPSA) is 20.2 Å². The Morgan fingerprint density at radius 1 is 1.33 bits per heavy atom. The summed E-state index contributed by atoms with van der Waals surface area (Å²) in [7, 11) is 0. The quantitative estimate of drug-likeness (QED) is 0.601. The molecule has 0 unspecified atom stereocenters. The maximum atomic E-state index is 12.9. The molecule has 0 amide bonds. The molecular weight excluding hydrogens is 265 g/mol. The van der Waals surface area contributed by atoms with Crippen LogP contribution in [-0.4, -0.2) is 11.0 Å². The van der Waals surface area contributed by atoms with Crippen molar-refractivity contribution in [1.82, 2.24) is 0 Å². The number of hydrogen-bond donors (Lipinski definition) is 1. The molecule has 1 aromatic rings. The summed E-state index contributed by atoms with van der Waals surface area (Å²) < 4.78 is 38.6. The predicted octanol–water partition coefficient (Wildman–Crippen LogP) is 4.88. The maximum Gasteiger partial charge on any atom is 0.416 e. The standard InChI is InChI=1S/C13H14ClF3O/c1-9(18)10(6-4-8-14)11-5-2-3-7-12(11)13(15,16)17/h2-3,5,7,10,18H,1,4,6,8H2/t10-/m1/s1. The van der Waals surface area contributed by atoms with E-state index in [0.29, 0.717) is 18.7 Å². The highest BCUT2D eigenvalue weighted by Gasteiger charge is 2.35. The minimum Gasteiger partial charge on any atom is -0.512 e. The molecule has 1 rings (SSSR count). The monoisotopic (exact) mass is 278 g/mol. The normalized spacial score (nSPS) is 13.3. The van der Waals surface area contributed by atoms with Gasteiger partial charge in [-0.3, -0.25) is 0 Å². The van der Waals surface area contributed by atoms with Crippen LogP contribution in [-0.2, 0) is 6.18 Å². The Morgan fingerprint density at radius 2 is 1.94 bits per heavy atom. The Labute approximate surface area is 109 Å². The third-order valence-corrected chi connectivity index (χ3v) is 2.94. The second kappa shape index (κ2) is 6.14. The molecule has 0 fully saturated rings. The lowest BCUT2D eigenvalue weighted by Gasteiger charge is -2.20. The number of aliphatic hydroxyl groups is 1. The molecule has 0 aliphatic heterocycles. The zero-order valence-electron chi connectivity index (χ0n) is 9.67. The van der Waals surface area contributed by atoms with Crippen molar-refractivity contribution in [2.24, 2.45) is 0 Å². The Hall–Kier alpha value is -1.16. The summed E-state index contributed by atoms with van der Waals surface area (Å²) in [6.07, 6.45) is -3.59. The molecule has 0 aliphatic rings. The van der Waals surface area contributed by atoms with Gasteiger partial charge in [0.15, 0.2) is 0 Å². The van der Waals surface area contributed by atoms with Crippen LogP contribution in [0.25, 0.3) is 0 Å². The average molecular weight is 279 g/mol. The van der Waals surface area contributed by atoms with Crippen LogP contribution >= 0.6 is 11.6 Å². The van der Waals surface area contributed by atoms with Gasteiger partial charge in [0.05, 0.1) is 11.3 Å². The predicted molar refractivity (Wildman–Crippen MR) is 65.9 cm³/mol. The number of halogens is 4. The van der Waals surface area contributed by atoms with Crippen LogP contribution in [0.1, 0.15) is 29.9 Å². The van der Waals surface area contributed by atoms with Crippen molar-refractivity contribution in [3.63, 3.8) is 0 Å². The highest BCUT2D eigenvalue weighted by Crippen LogP contribution is 2.38. The molecule has 1 nitrogen and oxygen atoms in total. The van der Waals surface area contributed by atoms with Crippen molar-refractivity contribution in [3.05, 3.63) is 47.7 Å². The van der Waals surface area contributed by atoms with Crippen LogP contribution in [0.3, 0.4) is 0 Å². The first-order chi connectivity index (χ1) is 8.38. The first-order valence-corrected chi connectivity index (χ1v) is 6.01. The van der Waals surface area contributed by atoms with Gasteiger partial charge in [-0.25, -0.2) is 0 Å². The second-order valence-electron chi connectivity index (χ2n) is 3.96. The molecule has 0 saturated heterocycles. The maximum absolute atomic E-state index is 12.9. The van der Waals surface area contributed by atoms with Gasteiger partial charge < -0.3 is 5.11 Å². The molecule has 0 aliphatic carbocycles. The van der Waals surface area contributed by atoms with Gasteiger partial charge in [0, 0.05) is 11.8 Å². The number of alkyl halides is 4. The third kappa shape index (κ3) is 3.67. The lowest BCUT2D eigenvalue weighted by Crippen LogP contribution is -2.13. The Balaban J connectivity index is 3.16. The van der Waals surface area contributed by atoms with Gasteiger partial charge in [0.1, 0.15) is 0 Å². The summed E-state index contributed by atoms with van der Waals surface area (Å²) in [5.41, 5.74) is -0.692. The first kappa shape index (κ1) is 14.9. The third-order valence-electron chi connectivity index (χ3n) is 2.67. The van der Waals surface area contributed by atoms with Gasteiger partial charge in [0.25, 0.3) is 0 Å². The fraction of sp³-hybridized carbons (Fsp3) is 0.385. The molecule has 18 heavy (non-hydrogen) atoms. The van der Waals surface area contributed by atoms with Crippen LogP contribution in [0.5, 0.6) is 0 Å². The van der Waals surface area contributed by atoms with E-state index in [1.807, 2.05) is 0 Å². The van der Waals surface area contributed by atoms with Gasteiger partial charge in [-0.2, -0.15) is 13.2 Å². The summed E-state index contributed by atoms with van der Waals surface area (Å²) >= 11 is 5.53. The number of benzene rings is 1. The Bertz CT molecular complexity index is 415. The van der Waals surface area contributed by atoms with E-state index in [0.717, 1.165) is 6.07 Å². The molecule has 0 bridgehead atoms. The summed E-state index contributed by atoms with van der Waals surface area (Å²) in [5, 5.41) is 9.48. The van der Waals surface area contributed by atoms with Crippen LogP contribution in [0.15, 0.2) is 36.6 Å². The molecule has 1 N–H and O–H groups in total. The summed E-state index contributed by atoms with van der Waals surface area (Å²) in [6.45, 7) is 3.35. The zero-order valence-corrected chi connectivity index (χ0v) is 10.4. The minimum absolute atomic E-state index is 0.0441. The van der Waals surface area contributed by atoms with Crippen molar-refractivity contribution in [3.8, 4) is 0 Å². The van der Waals surface area contributed by atoms with Crippen LogP contribution in [0.2, 0.25) is 0 Å². The largest absolute Gasteiger partial charge is 0.512 e. The summed E-state index contributed by atoms with van der Waals surface area (Å²) in [4.78, 5) is 0. The number of allylic oxidation sites excluding steroid dienone is 1. The molecule has 0 radical (unpaired) electrons. The van der Waals surface area contributed by atoms with E-state index in [-0.39, 0.29) is 11.3 Å².